The molecular formula is C22H24N6O3. The highest BCUT2D eigenvalue weighted by molar-refractivity contribution is 5.90. The van der Waals surface area contributed by atoms with E-state index in [0.717, 1.165) is 12.0 Å². The summed E-state index contributed by atoms with van der Waals surface area (Å²) >= 11 is 0. The maximum atomic E-state index is 12.1. The molecule has 9 nitrogen and oxygen atoms in total. The van der Waals surface area contributed by atoms with Crippen molar-refractivity contribution in [3.05, 3.63) is 35.8 Å². The minimum atomic E-state index is 0.0137. The van der Waals surface area contributed by atoms with Crippen LogP contribution >= 0.6 is 0 Å². The Balaban J connectivity index is 1.74. The molecule has 1 aliphatic rings. The summed E-state index contributed by atoms with van der Waals surface area (Å²) in [7, 11) is 3.18. The van der Waals surface area contributed by atoms with Gasteiger partial charge in [0.15, 0.2) is 5.65 Å². The molecule has 0 bridgehead atoms. The molecule has 1 unspecified atom stereocenters. The zero-order valence-electron chi connectivity index (χ0n) is 17.8. The number of fused-ring (bicyclic) bond motifs is 1. The van der Waals surface area contributed by atoms with E-state index < -0.39 is 0 Å². The number of likely N-dealkylation sites (tertiary alicyclic amines) is 1. The Morgan fingerprint density at radius 2 is 1.94 bits per heavy atom. The molecule has 160 valence electrons. The topological polar surface area (TPSA) is 108 Å². The van der Waals surface area contributed by atoms with E-state index >= 15 is 0 Å². The summed E-state index contributed by atoms with van der Waals surface area (Å²) in [5.41, 5.74) is 7.98. The molecule has 2 N–H and O–H groups in total. The SMILES string of the molecule is CCC(=O)N1CCC(n2nc(C#Cc3cc(OC)cc(OC)c3)c3c(N)ncnc32)C1. The monoisotopic (exact) mass is 420 g/mol. The Morgan fingerprint density at radius 3 is 2.61 bits per heavy atom. The summed E-state index contributed by atoms with van der Waals surface area (Å²) in [5.74, 6) is 7.97. The molecule has 3 aromatic rings. The quantitative estimate of drug-likeness (QED) is 0.643. The van der Waals surface area contributed by atoms with Gasteiger partial charge in [0.2, 0.25) is 5.91 Å². The third-order valence-corrected chi connectivity index (χ3v) is 5.36. The maximum absolute atomic E-state index is 12.1. The van der Waals surface area contributed by atoms with Gasteiger partial charge in [0.25, 0.3) is 0 Å². The second kappa shape index (κ2) is 8.52. The highest BCUT2D eigenvalue weighted by Gasteiger charge is 2.29. The minimum Gasteiger partial charge on any atom is -0.497 e. The van der Waals surface area contributed by atoms with Crippen molar-refractivity contribution in [2.45, 2.75) is 25.8 Å². The van der Waals surface area contributed by atoms with Gasteiger partial charge in [-0.3, -0.25) is 4.79 Å². The van der Waals surface area contributed by atoms with Crippen LogP contribution in [0.1, 0.15) is 37.1 Å². The van der Waals surface area contributed by atoms with E-state index in [9.17, 15) is 4.79 Å². The van der Waals surface area contributed by atoms with Crippen molar-refractivity contribution in [2.75, 3.05) is 33.0 Å². The van der Waals surface area contributed by atoms with E-state index in [1.807, 2.05) is 28.6 Å². The van der Waals surface area contributed by atoms with E-state index in [1.165, 1.54) is 6.33 Å². The van der Waals surface area contributed by atoms with Gasteiger partial charge in [0, 0.05) is 31.1 Å². The summed E-state index contributed by atoms with van der Waals surface area (Å²) in [6.07, 6.45) is 2.71. The Labute approximate surface area is 180 Å². The lowest BCUT2D eigenvalue weighted by atomic mass is 10.2. The first-order chi connectivity index (χ1) is 15.0. The van der Waals surface area contributed by atoms with Crippen LogP contribution in [0.4, 0.5) is 5.82 Å². The molecule has 9 heteroatoms. The second-order valence-corrected chi connectivity index (χ2v) is 7.24. The molecule has 31 heavy (non-hydrogen) atoms. The van der Waals surface area contributed by atoms with Gasteiger partial charge in [-0.05, 0) is 24.5 Å². The lowest BCUT2D eigenvalue weighted by Gasteiger charge is -2.15. The van der Waals surface area contributed by atoms with Gasteiger partial charge in [-0.15, -0.1) is 0 Å². The summed E-state index contributed by atoms with van der Waals surface area (Å²) in [6.45, 7) is 3.16. The first-order valence-electron chi connectivity index (χ1n) is 10.1. The third-order valence-electron chi connectivity index (χ3n) is 5.36. The number of rotatable bonds is 4. The van der Waals surface area contributed by atoms with E-state index in [-0.39, 0.29) is 11.9 Å². The molecular weight excluding hydrogens is 396 g/mol. The number of methoxy groups -OCH3 is 2. The first-order valence-corrected chi connectivity index (χ1v) is 10.1. The van der Waals surface area contributed by atoms with Crippen LogP contribution in [0.15, 0.2) is 24.5 Å². The summed E-state index contributed by atoms with van der Waals surface area (Å²) < 4.78 is 12.4. The van der Waals surface area contributed by atoms with Crippen LogP contribution in [0.2, 0.25) is 0 Å². The molecule has 4 rings (SSSR count). The number of nitrogens with zero attached hydrogens (tertiary/aromatic N) is 5. The zero-order chi connectivity index (χ0) is 22.0. The second-order valence-electron chi connectivity index (χ2n) is 7.24. The van der Waals surface area contributed by atoms with Gasteiger partial charge in [-0.2, -0.15) is 5.10 Å². The van der Waals surface area contributed by atoms with Gasteiger partial charge in [0.1, 0.15) is 29.3 Å². The number of hydrogen-bond acceptors (Lipinski definition) is 7. The van der Waals surface area contributed by atoms with Crippen molar-refractivity contribution in [1.29, 1.82) is 0 Å². The fourth-order valence-electron chi connectivity index (χ4n) is 3.74. The van der Waals surface area contributed by atoms with Crippen LogP contribution in [-0.4, -0.2) is 57.9 Å². The number of nitrogen functional groups attached to an aromatic ring is 1. The minimum absolute atomic E-state index is 0.0137. The number of ether oxygens (including phenoxy) is 2. The molecule has 1 aromatic carbocycles. The summed E-state index contributed by atoms with van der Waals surface area (Å²) in [4.78, 5) is 22.5. The van der Waals surface area contributed by atoms with Crippen molar-refractivity contribution in [3.8, 4) is 23.3 Å². The lowest BCUT2D eigenvalue weighted by Crippen LogP contribution is -2.28. The molecule has 0 saturated carbocycles. The number of carbonyl (C=O) groups excluding carboxylic acids is 1. The van der Waals surface area contributed by atoms with Crippen molar-refractivity contribution in [2.24, 2.45) is 0 Å². The largest absolute Gasteiger partial charge is 0.497 e. The highest BCUT2D eigenvalue weighted by atomic mass is 16.5. The molecule has 1 saturated heterocycles. The van der Waals surface area contributed by atoms with Crippen LogP contribution < -0.4 is 15.2 Å². The lowest BCUT2D eigenvalue weighted by molar-refractivity contribution is -0.129. The smallest absolute Gasteiger partial charge is 0.222 e. The van der Waals surface area contributed by atoms with Crippen LogP contribution in [0.25, 0.3) is 11.0 Å². The van der Waals surface area contributed by atoms with Crippen molar-refractivity contribution < 1.29 is 14.3 Å². The predicted octanol–water partition coefficient (Wildman–Crippen LogP) is 2.01. The molecule has 1 fully saturated rings. The van der Waals surface area contributed by atoms with Crippen LogP contribution in [-0.2, 0) is 4.79 Å². The number of anilines is 1. The Morgan fingerprint density at radius 1 is 1.19 bits per heavy atom. The molecule has 3 heterocycles. The molecule has 0 aliphatic carbocycles. The molecule has 0 radical (unpaired) electrons. The van der Waals surface area contributed by atoms with Gasteiger partial charge in [-0.25, -0.2) is 14.6 Å². The number of aromatic nitrogens is 4. The summed E-state index contributed by atoms with van der Waals surface area (Å²) in [5, 5.41) is 5.33. The fraction of sp³-hybridized carbons (Fsp3) is 0.364. The zero-order valence-corrected chi connectivity index (χ0v) is 17.8. The van der Waals surface area contributed by atoms with Crippen molar-refractivity contribution in [1.82, 2.24) is 24.6 Å². The maximum Gasteiger partial charge on any atom is 0.222 e. The van der Waals surface area contributed by atoms with Crippen LogP contribution in [0, 0.1) is 11.8 Å². The van der Waals surface area contributed by atoms with E-state index in [2.05, 4.69) is 21.8 Å². The third kappa shape index (κ3) is 3.97. The Hall–Kier alpha value is -3.80. The molecule has 0 spiro atoms. The number of amides is 1. The summed E-state index contributed by atoms with van der Waals surface area (Å²) in [6, 6.07) is 5.43. The van der Waals surface area contributed by atoms with E-state index in [4.69, 9.17) is 20.3 Å². The average molecular weight is 420 g/mol. The highest BCUT2D eigenvalue weighted by Crippen LogP contribution is 2.29. The number of benzene rings is 1. The predicted molar refractivity (Wildman–Crippen MR) is 116 cm³/mol. The van der Waals surface area contributed by atoms with Gasteiger partial charge >= 0.3 is 0 Å². The molecule has 1 atom stereocenters. The van der Waals surface area contributed by atoms with E-state index in [1.54, 1.807) is 20.3 Å². The Bertz CT molecular complexity index is 1170. The van der Waals surface area contributed by atoms with Gasteiger partial charge in [0.05, 0.1) is 25.6 Å². The normalized spacial score (nSPS) is 15.6. The molecule has 1 aliphatic heterocycles. The van der Waals surface area contributed by atoms with Crippen molar-refractivity contribution >= 4 is 22.8 Å². The fourth-order valence-corrected chi connectivity index (χ4v) is 3.74. The Kier molecular flexibility index (Phi) is 5.62. The first kappa shape index (κ1) is 20.5. The number of hydrogen-bond donors (Lipinski definition) is 1. The van der Waals surface area contributed by atoms with Gasteiger partial charge < -0.3 is 20.1 Å². The van der Waals surface area contributed by atoms with E-state index in [0.29, 0.717) is 53.6 Å². The number of nitrogens with two attached hydrogens (primary N) is 1. The van der Waals surface area contributed by atoms with Crippen LogP contribution in [0.3, 0.4) is 0 Å². The average Bonchev–Trinajstić information content (AvgIpc) is 3.42. The number of carbonyl (C=O) groups is 1. The van der Waals surface area contributed by atoms with Gasteiger partial charge in [-0.1, -0.05) is 12.8 Å². The molecule has 1 amide bonds. The molecule has 2 aromatic heterocycles. The van der Waals surface area contributed by atoms with Crippen molar-refractivity contribution in [3.63, 3.8) is 0 Å². The van der Waals surface area contributed by atoms with Crippen LogP contribution in [0.5, 0.6) is 11.5 Å². The standard InChI is InChI=1S/C22H24N6O3/c1-4-19(29)27-8-7-15(12-27)28-22-20(21(23)24-13-25-22)18(26-28)6-5-14-9-16(30-2)11-17(10-14)31-3/h9-11,13,15H,4,7-8,12H2,1-3H3,(H2,23,24,25).